The molecule has 5 heteroatoms. The lowest BCUT2D eigenvalue weighted by Gasteiger charge is -2.28. The molecule has 0 radical (unpaired) electrons. The normalized spacial score (nSPS) is 11.1. The van der Waals surface area contributed by atoms with Crippen LogP contribution in [0.3, 0.4) is 0 Å². The lowest BCUT2D eigenvalue weighted by molar-refractivity contribution is -0.145. The number of para-hydroxylation sites is 1. The summed E-state index contributed by atoms with van der Waals surface area (Å²) in [6.07, 6.45) is 1.95. The highest BCUT2D eigenvalue weighted by molar-refractivity contribution is 9.10. The van der Waals surface area contributed by atoms with Gasteiger partial charge in [-0.25, -0.2) is 0 Å². The number of anilines is 1. The van der Waals surface area contributed by atoms with E-state index >= 15 is 0 Å². The number of unbranched alkanes of at least 4 members (excludes halogenated alkanes) is 1. The van der Waals surface area contributed by atoms with E-state index in [-0.39, 0.29) is 11.8 Å². The molecule has 1 aromatic carbocycles. The van der Waals surface area contributed by atoms with Crippen LogP contribution in [0.25, 0.3) is 0 Å². The first kappa shape index (κ1) is 17.7. The molecule has 4 nitrogen and oxygen atoms in total. The number of rotatable bonds is 6. The van der Waals surface area contributed by atoms with Gasteiger partial charge in [-0.05, 0) is 48.3 Å². The van der Waals surface area contributed by atoms with Gasteiger partial charge >= 0.3 is 0 Å². The van der Waals surface area contributed by atoms with Crippen molar-refractivity contribution >= 4 is 33.4 Å². The van der Waals surface area contributed by atoms with E-state index in [0.29, 0.717) is 12.2 Å². The van der Waals surface area contributed by atoms with Crippen LogP contribution in [0.15, 0.2) is 28.7 Å². The maximum absolute atomic E-state index is 12.4. The van der Waals surface area contributed by atoms with Gasteiger partial charge in [0.25, 0.3) is 0 Å². The van der Waals surface area contributed by atoms with E-state index < -0.39 is 5.41 Å². The van der Waals surface area contributed by atoms with E-state index in [9.17, 15) is 9.59 Å². The van der Waals surface area contributed by atoms with Gasteiger partial charge in [-0.2, -0.15) is 0 Å². The fourth-order valence-electron chi connectivity index (χ4n) is 1.91. The first-order chi connectivity index (χ1) is 9.80. The van der Waals surface area contributed by atoms with E-state index in [4.69, 9.17) is 0 Å². The van der Waals surface area contributed by atoms with Crippen LogP contribution in [-0.4, -0.2) is 30.3 Å². The second-order valence-electron chi connectivity index (χ2n) is 5.64. The molecular weight excluding hydrogens is 332 g/mol. The van der Waals surface area contributed by atoms with Gasteiger partial charge in [-0.1, -0.05) is 25.5 Å². The number of hydrogen-bond donors (Lipinski definition) is 1. The molecule has 0 bridgehead atoms. The first-order valence-corrected chi connectivity index (χ1v) is 7.91. The minimum absolute atomic E-state index is 0.166. The van der Waals surface area contributed by atoms with Crippen molar-refractivity contribution in [1.29, 1.82) is 0 Å². The summed E-state index contributed by atoms with van der Waals surface area (Å²) in [4.78, 5) is 26.5. The SMILES string of the molecule is CCCCN(C)C(=O)C(C)(C)C(=O)Nc1ccccc1Br. The molecule has 1 aromatic rings. The van der Waals surface area contributed by atoms with Crippen molar-refractivity contribution in [1.82, 2.24) is 4.90 Å². The lowest BCUT2D eigenvalue weighted by atomic mass is 9.90. The molecule has 0 aromatic heterocycles. The van der Waals surface area contributed by atoms with Crippen molar-refractivity contribution in [3.63, 3.8) is 0 Å². The van der Waals surface area contributed by atoms with Gasteiger partial charge in [0.2, 0.25) is 11.8 Å². The minimum Gasteiger partial charge on any atom is -0.345 e. The monoisotopic (exact) mass is 354 g/mol. The Morgan fingerprint density at radius 1 is 1.29 bits per heavy atom. The van der Waals surface area contributed by atoms with E-state index in [1.807, 2.05) is 18.2 Å². The number of halogens is 1. The molecule has 1 rings (SSSR count). The van der Waals surface area contributed by atoms with Crippen molar-refractivity contribution in [2.24, 2.45) is 5.41 Å². The third-order valence-corrected chi connectivity index (χ3v) is 4.11. The van der Waals surface area contributed by atoms with Crippen molar-refractivity contribution in [3.8, 4) is 0 Å². The van der Waals surface area contributed by atoms with Crippen LogP contribution in [0.1, 0.15) is 33.6 Å². The summed E-state index contributed by atoms with van der Waals surface area (Å²) < 4.78 is 0.793. The summed E-state index contributed by atoms with van der Waals surface area (Å²) in [5.41, 5.74) is -0.433. The quantitative estimate of drug-likeness (QED) is 0.792. The van der Waals surface area contributed by atoms with E-state index in [1.54, 1.807) is 31.9 Å². The molecule has 0 spiro atoms. The van der Waals surface area contributed by atoms with Crippen LogP contribution in [-0.2, 0) is 9.59 Å². The third-order valence-electron chi connectivity index (χ3n) is 3.42. The average molecular weight is 355 g/mol. The molecule has 0 saturated carbocycles. The number of nitrogens with zero attached hydrogens (tertiary/aromatic N) is 1. The topological polar surface area (TPSA) is 49.4 Å². The molecule has 0 aliphatic heterocycles. The zero-order chi connectivity index (χ0) is 16.0. The third kappa shape index (κ3) is 4.56. The minimum atomic E-state index is -1.10. The van der Waals surface area contributed by atoms with Gasteiger partial charge in [0.15, 0.2) is 0 Å². The number of hydrogen-bond acceptors (Lipinski definition) is 2. The molecule has 0 atom stereocenters. The fourth-order valence-corrected chi connectivity index (χ4v) is 2.30. The molecular formula is C16H23BrN2O2. The number of amides is 2. The second kappa shape index (κ2) is 7.59. The fraction of sp³-hybridized carbons (Fsp3) is 0.500. The smallest absolute Gasteiger partial charge is 0.239 e. The van der Waals surface area contributed by atoms with Gasteiger partial charge in [0.05, 0.1) is 5.69 Å². The summed E-state index contributed by atoms with van der Waals surface area (Å²) in [5, 5.41) is 2.81. The van der Waals surface area contributed by atoms with Crippen LogP contribution in [0, 0.1) is 5.41 Å². The first-order valence-electron chi connectivity index (χ1n) is 7.12. The molecule has 2 amide bonds. The van der Waals surface area contributed by atoms with E-state index in [1.165, 1.54) is 0 Å². The number of carbonyl (C=O) groups excluding carboxylic acids is 2. The zero-order valence-corrected chi connectivity index (χ0v) is 14.7. The standard InChI is InChI=1S/C16H23BrN2O2/c1-5-6-11-19(4)15(21)16(2,3)14(20)18-13-10-8-7-9-12(13)17/h7-10H,5-6,11H2,1-4H3,(H,18,20). The summed E-state index contributed by atoms with van der Waals surface area (Å²) in [6, 6.07) is 7.35. The van der Waals surface area contributed by atoms with Crippen LogP contribution >= 0.6 is 15.9 Å². The van der Waals surface area contributed by atoms with Gasteiger partial charge in [0.1, 0.15) is 5.41 Å². The highest BCUT2D eigenvalue weighted by Crippen LogP contribution is 2.26. The van der Waals surface area contributed by atoms with Crippen LogP contribution < -0.4 is 5.32 Å². The Balaban J connectivity index is 2.79. The molecule has 21 heavy (non-hydrogen) atoms. The summed E-state index contributed by atoms with van der Waals surface area (Å²) in [6.45, 7) is 6.05. The van der Waals surface area contributed by atoms with Crippen LogP contribution in [0.2, 0.25) is 0 Å². The second-order valence-corrected chi connectivity index (χ2v) is 6.49. The highest BCUT2D eigenvalue weighted by atomic mass is 79.9. The highest BCUT2D eigenvalue weighted by Gasteiger charge is 2.38. The lowest BCUT2D eigenvalue weighted by Crippen LogP contribution is -2.46. The maximum atomic E-state index is 12.4. The molecule has 0 unspecified atom stereocenters. The van der Waals surface area contributed by atoms with Crippen LogP contribution in [0.4, 0.5) is 5.69 Å². The Kier molecular flexibility index (Phi) is 6.40. The molecule has 0 fully saturated rings. The molecule has 0 saturated heterocycles. The summed E-state index contributed by atoms with van der Waals surface area (Å²) in [5.74, 6) is -0.469. The molecule has 116 valence electrons. The zero-order valence-electron chi connectivity index (χ0n) is 13.1. The Bertz CT molecular complexity index is 515. The van der Waals surface area contributed by atoms with Gasteiger partial charge < -0.3 is 10.2 Å². The molecule has 0 heterocycles. The predicted molar refractivity (Wildman–Crippen MR) is 89.1 cm³/mol. The van der Waals surface area contributed by atoms with Crippen molar-refractivity contribution < 1.29 is 9.59 Å². The molecule has 0 aliphatic carbocycles. The van der Waals surface area contributed by atoms with E-state index in [0.717, 1.165) is 17.3 Å². The average Bonchev–Trinajstić information content (AvgIpc) is 2.46. The summed E-state index contributed by atoms with van der Waals surface area (Å²) >= 11 is 3.38. The summed E-state index contributed by atoms with van der Waals surface area (Å²) in [7, 11) is 1.74. The number of nitrogens with one attached hydrogen (secondary N) is 1. The maximum Gasteiger partial charge on any atom is 0.239 e. The Labute approximate surface area is 135 Å². The largest absolute Gasteiger partial charge is 0.345 e. The Hall–Kier alpha value is -1.36. The van der Waals surface area contributed by atoms with Gasteiger partial charge in [-0.15, -0.1) is 0 Å². The number of carbonyl (C=O) groups is 2. The Morgan fingerprint density at radius 2 is 1.90 bits per heavy atom. The van der Waals surface area contributed by atoms with Crippen LogP contribution in [0.5, 0.6) is 0 Å². The van der Waals surface area contributed by atoms with Gasteiger partial charge in [0, 0.05) is 18.1 Å². The number of benzene rings is 1. The van der Waals surface area contributed by atoms with Gasteiger partial charge in [-0.3, -0.25) is 9.59 Å². The predicted octanol–water partition coefficient (Wildman–Crippen LogP) is 3.67. The van der Waals surface area contributed by atoms with Crippen molar-refractivity contribution in [2.75, 3.05) is 18.9 Å². The molecule has 0 aliphatic rings. The van der Waals surface area contributed by atoms with E-state index in [2.05, 4.69) is 28.2 Å². The van der Waals surface area contributed by atoms with Crippen molar-refractivity contribution in [2.45, 2.75) is 33.6 Å². The Morgan fingerprint density at radius 3 is 2.48 bits per heavy atom. The van der Waals surface area contributed by atoms with Crippen molar-refractivity contribution in [3.05, 3.63) is 28.7 Å². The molecule has 1 N–H and O–H groups in total.